The lowest BCUT2D eigenvalue weighted by Crippen LogP contribution is -2.16. The molecule has 0 unspecified atom stereocenters. The Morgan fingerprint density at radius 2 is 1.93 bits per heavy atom. The smallest absolute Gasteiger partial charge is 0.258 e. The van der Waals surface area contributed by atoms with Gasteiger partial charge in [-0.05, 0) is 53.2 Å². The third-order valence-electron chi connectivity index (χ3n) is 4.02. The van der Waals surface area contributed by atoms with Crippen LogP contribution in [0, 0.1) is 6.92 Å². The molecule has 1 aromatic carbocycles. The zero-order valence-electron chi connectivity index (χ0n) is 14.0. The zero-order chi connectivity index (χ0) is 19.1. The average molecular weight is 465 g/mol. The van der Waals surface area contributed by atoms with E-state index in [-0.39, 0.29) is 12.2 Å². The first-order chi connectivity index (χ1) is 12.9. The molecule has 0 saturated heterocycles. The first kappa shape index (κ1) is 18.2. The minimum Gasteiger partial charge on any atom is -0.483 e. The number of aryl methyl sites for hydroxylation is 1. The van der Waals surface area contributed by atoms with Crippen LogP contribution in [0.1, 0.15) is 11.4 Å². The van der Waals surface area contributed by atoms with Crippen LogP contribution in [-0.4, -0.2) is 14.4 Å². The Morgan fingerprint density at radius 1 is 1.11 bits per heavy atom. The second kappa shape index (κ2) is 7.11. The molecule has 0 atom stereocenters. The van der Waals surface area contributed by atoms with Crippen molar-refractivity contribution in [3.05, 3.63) is 78.9 Å². The Morgan fingerprint density at radius 3 is 2.74 bits per heavy atom. The van der Waals surface area contributed by atoms with Crippen molar-refractivity contribution in [2.24, 2.45) is 0 Å². The van der Waals surface area contributed by atoms with Gasteiger partial charge in [0, 0.05) is 27.8 Å². The lowest BCUT2D eigenvalue weighted by Gasteiger charge is -2.12. The Labute approximate surface area is 172 Å². The molecule has 0 radical (unpaired) electrons. The molecule has 8 heteroatoms. The molecule has 4 aromatic rings. The van der Waals surface area contributed by atoms with E-state index < -0.39 is 0 Å². The quantitative estimate of drug-likeness (QED) is 0.418. The van der Waals surface area contributed by atoms with Gasteiger partial charge in [0.05, 0.1) is 15.7 Å². The maximum atomic E-state index is 12.3. The van der Waals surface area contributed by atoms with Crippen LogP contribution in [-0.2, 0) is 6.61 Å². The van der Waals surface area contributed by atoms with E-state index in [0.717, 1.165) is 15.6 Å². The number of benzene rings is 1. The van der Waals surface area contributed by atoms with E-state index in [0.29, 0.717) is 32.7 Å². The van der Waals surface area contributed by atoms with E-state index in [1.165, 1.54) is 10.5 Å². The van der Waals surface area contributed by atoms with Gasteiger partial charge in [-0.15, -0.1) is 0 Å². The molecule has 4 rings (SSSR count). The highest BCUT2D eigenvalue weighted by molar-refractivity contribution is 9.10. The van der Waals surface area contributed by atoms with Crippen LogP contribution in [0.15, 0.2) is 51.9 Å². The molecule has 0 aliphatic carbocycles. The van der Waals surface area contributed by atoms with Crippen LogP contribution in [0.25, 0.3) is 16.6 Å². The molecular formula is C19H12BrCl2N3O2. The van der Waals surface area contributed by atoms with Crippen molar-refractivity contribution in [2.45, 2.75) is 13.5 Å². The Balaban J connectivity index is 1.74. The Bertz CT molecular complexity index is 1260. The van der Waals surface area contributed by atoms with Gasteiger partial charge < -0.3 is 4.74 Å². The lowest BCUT2D eigenvalue weighted by molar-refractivity contribution is 0.304. The average Bonchev–Trinajstić information content (AvgIpc) is 2.62. The predicted octanol–water partition coefficient (Wildman–Crippen LogP) is 5.20. The van der Waals surface area contributed by atoms with Gasteiger partial charge in [0.2, 0.25) is 0 Å². The summed E-state index contributed by atoms with van der Waals surface area (Å²) in [5.74, 6) is 0.414. The van der Waals surface area contributed by atoms with Crippen molar-refractivity contribution >= 4 is 55.7 Å². The fraction of sp³-hybridized carbons (Fsp3) is 0.105. The van der Waals surface area contributed by atoms with E-state index >= 15 is 0 Å². The molecule has 0 N–H and O–H groups in total. The summed E-state index contributed by atoms with van der Waals surface area (Å²) in [5.41, 5.74) is 2.23. The SMILES string of the molecule is Cc1ccc2c(Cl)cc(Cl)c(OCc3cc(=O)n4cc(Br)ccc4n3)c2n1. The van der Waals surface area contributed by atoms with Crippen molar-refractivity contribution in [3.8, 4) is 5.75 Å². The minimum atomic E-state index is -0.194. The molecule has 0 saturated carbocycles. The van der Waals surface area contributed by atoms with Crippen LogP contribution >= 0.6 is 39.1 Å². The fourth-order valence-corrected chi connectivity index (χ4v) is 3.68. The second-order valence-corrected chi connectivity index (χ2v) is 7.70. The summed E-state index contributed by atoms with van der Waals surface area (Å²) < 4.78 is 8.16. The van der Waals surface area contributed by atoms with E-state index in [2.05, 4.69) is 25.9 Å². The first-order valence-corrected chi connectivity index (χ1v) is 9.53. The van der Waals surface area contributed by atoms with Gasteiger partial charge in [0.15, 0.2) is 5.75 Å². The largest absolute Gasteiger partial charge is 0.483 e. The maximum absolute atomic E-state index is 12.3. The number of aromatic nitrogens is 3. The summed E-state index contributed by atoms with van der Waals surface area (Å²) in [6.07, 6.45) is 1.67. The number of rotatable bonds is 3. The summed E-state index contributed by atoms with van der Waals surface area (Å²) in [5, 5.41) is 1.60. The Hall–Kier alpha value is -2.15. The number of ether oxygens (including phenoxy) is 1. The highest BCUT2D eigenvalue weighted by Crippen LogP contribution is 2.37. The van der Waals surface area contributed by atoms with Crippen LogP contribution in [0.2, 0.25) is 10.0 Å². The Kier molecular flexibility index (Phi) is 4.80. The topological polar surface area (TPSA) is 56.5 Å². The molecule has 27 heavy (non-hydrogen) atoms. The second-order valence-electron chi connectivity index (χ2n) is 5.97. The van der Waals surface area contributed by atoms with Gasteiger partial charge in [-0.1, -0.05) is 23.2 Å². The minimum absolute atomic E-state index is 0.0773. The van der Waals surface area contributed by atoms with E-state index in [4.69, 9.17) is 27.9 Å². The summed E-state index contributed by atoms with van der Waals surface area (Å²) in [6, 6.07) is 10.4. The molecule has 0 fully saturated rings. The number of fused-ring (bicyclic) bond motifs is 2. The van der Waals surface area contributed by atoms with Crippen LogP contribution < -0.4 is 10.3 Å². The van der Waals surface area contributed by atoms with Crippen LogP contribution in [0.4, 0.5) is 0 Å². The molecule has 0 bridgehead atoms. The number of pyridine rings is 2. The van der Waals surface area contributed by atoms with Crippen molar-refractivity contribution in [1.82, 2.24) is 14.4 Å². The van der Waals surface area contributed by atoms with Crippen molar-refractivity contribution in [3.63, 3.8) is 0 Å². The number of hydrogen-bond acceptors (Lipinski definition) is 4. The number of nitrogens with zero attached hydrogens (tertiary/aromatic N) is 3. The van der Waals surface area contributed by atoms with Gasteiger partial charge in [-0.3, -0.25) is 9.20 Å². The number of halogens is 3. The molecule has 0 amide bonds. The van der Waals surface area contributed by atoms with E-state index in [9.17, 15) is 4.79 Å². The van der Waals surface area contributed by atoms with Gasteiger partial charge >= 0.3 is 0 Å². The van der Waals surface area contributed by atoms with Crippen LogP contribution in [0.5, 0.6) is 5.75 Å². The molecule has 5 nitrogen and oxygen atoms in total. The molecule has 0 aliphatic heterocycles. The third kappa shape index (κ3) is 3.52. The van der Waals surface area contributed by atoms with Gasteiger partial charge in [-0.25, -0.2) is 9.97 Å². The summed E-state index contributed by atoms with van der Waals surface area (Å²) in [4.78, 5) is 21.3. The molecular weight excluding hydrogens is 453 g/mol. The predicted molar refractivity (Wildman–Crippen MR) is 110 cm³/mol. The summed E-state index contributed by atoms with van der Waals surface area (Å²) in [6.45, 7) is 1.95. The normalized spacial score (nSPS) is 11.3. The van der Waals surface area contributed by atoms with Crippen LogP contribution in [0.3, 0.4) is 0 Å². The first-order valence-electron chi connectivity index (χ1n) is 7.98. The number of hydrogen-bond donors (Lipinski definition) is 0. The van der Waals surface area contributed by atoms with E-state index in [1.54, 1.807) is 18.3 Å². The van der Waals surface area contributed by atoms with Gasteiger partial charge in [0.25, 0.3) is 5.56 Å². The highest BCUT2D eigenvalue weighted by atomic mass is 79.9. The van der Waals surface area contributed by atoms with Crippen molar-refractivity contribution in [1.29, 1.82) is 0 Å². The molecule has 0 spiro atoms. The molecule has 136 valence electrons. The molecule has 0 aliphatic rings. The fourth-order valence-electron chi connectivity index (χ4n) is 2.77. The molecule has 3 heterocycles. The molecule has 3 aromatic heterocycles. The van der Waals surface area contributed by atoms with E-state index in [1.807, 2.05) is 25.1 Å². The van der Waals surface area contributed by atoms with Gasteiger partial charge in [-0.2, -0.15) is 0 Å². The third-order valence-corrected chi connectivity index (χ3v) is 5.08. The summed E-state index contributed by atoms with van der Waals surface area (Å²) in [7, 11) is 0. The monoisotopic (exact) mass is 463 g/mol. The maximum Gasteiger partial charge on any atom is 0.258 e. The summed E-state index contributed by atoms with van der Waals surface area (Å²) >= 11 is 15.9. The standard InChI is InChI=1S/C19H12BrCl2N3O2/c1-10-2-4-13-14(21)7-15(22)19(18(13)23-10)27-9-12-6-17(26)25-8-11(20)3-5-16(25)24-12/h2-8H,9H2,1H3. The van der Waals surface area contributed by atoms with Crippen molar-refractivity contribution < 1.29 is 4.74 Å². The van der Waals surface area contributed by atoms with Gasteiger partial charge in [0.1, 0.15) is 17.8 Å². The highest BCUT2D eigenvalue weighted by Gasteiger charge is 2.14. The lowest BCUT2D eigenvalue weighted by atomic mass is 10.2. The zero-order valence-corrected chi connectivity index (χ0v) is 17.1. The van der Waals surface area contributed by atoms with Crippen molar-refractivity contribution in [2.75, 3.05) is 0 Å².